The average molecular weight is 405 g/mol. The zero-order valence-corrected chi connectivity index (χ0v) is 18.4. The second-order valence-corrected chi connectivity index (χ2v) is 8.94. The Morgan fingerprint density at radius 2 is 1.41 bits per heavy atom. The molecule has 2 N–H and O–H groups in total. The van der Waals surface area contributed by atoms with Crippen molar-refractivity contribution < 1.29 is 10.2 Å². The van der Waals surface area contributed by atoms with E-state index in [4.69, 9.17) is 12.6 Å². The van der Waals surface area contributed by atoms with Gasteiger partial charge in [0.05, 0.1) is 0 Å². The Balaban J connectivity index is 2.35. The van der Waals surface area contributed by atoms with E-state index in [1.165, 1.54) is 6.42 Å². The number of hydrogen-bond donors (Lipinski definition) is 4. The molecule has 2 aromatic rings. The van der Waals surface area contributed by atoms with Crippen LogP contribution in [0, 0.1) is 13.8 Å². The number of aryl methyl sites for hydroxylation is 2. The van der Waals surface area contributed by atoms with E-state index in [0.29, 0.717) is 11.5 Å². The molecule has 0 aromatic heterocycles. The summed E-state index contributed by atoms with van der Waals surface area (Å²) in [5, 5.41) is 20.2. The van der Waals surface area contributed by atoms with E-state index in [1.54, 1.807) is 12.1 Å². The molecule has 0 aliphatic heterocycles. The Bertz CT molecular complexity index is 707. The first-order valence-electron chi connectivity index (χ1n) is 9.67. The number of phenols is 2. The molecule has 0 aliphatic carbocycles. The Morgan fingerprint density at radius 1 is 0.889 bits per heavy atom. The van der Waals surface area contributed by atoms with Crippen molar-refractivity contribution in [2.45, 2.75) is 63.5 Å². The van der Waals surface area contributed by atoms with Crippen LogP contribution < -0.4 is 0 Å². The Morgan fingerprint density at radius 3 is 1.85 bits per heavy atom. The standard InChI is InChI=1S/C23H32O2S2/c1-16-13-18(8-10-21(16)24)23(3,15-20(27)7-5-4-6-12-26)19-9-11-22(25)17(2)14-19/h8-11,13-14,20,24-27H,4-7,12,15H2,1-3H3. The van der Waals surface area contributed by atoms with E-state index in [9.17, 15) is 10.2 Å². The van der Waals surface area contributed by atoms with Gasteiger partial charge in [-0.15, -0.1) is 0 Å². The van der Waals surface area contributed by atoms with Crippen molar-refractivity contribution in [1.29, 1.82) is 0 Å². The fraction of sp³-hybridized carbons (Fsp3) is 0.478. The van der Waals surface area contributed by atoms with Crippen LogP contribution in [0.5, 0.6) is 11.5 Å². The van der Waals surface area contributed by atoms with Crippen molar-refractivity contribution in [3.05, 3.63) is 58.7 Å². The summed E-state index contributed by atoms with van der Waals surface area (Å²) in [6.45, 7) is 6.09. The number of thiol groups is 2. The van der Waals surface area contributed by atoms with E-state index in [1.807, 2.05) is 26.0 Å². The third-order valence-electron chi connectivity index (χ3n) is 5.51. The highest BCUT2D eigenvalue weighted by Crippen LogP contribution is 2.41. The summed E-state index contributed by atoms with van der Waals surface area (Å²) in [7, 11) is 0. The lowest BCUT2D eigenvalue weighted by atomic mass is 9.71. The van der Waals surface area contributed by atoms with E-state index in [2.05, 4.69) is 31.7 Å². The van der Waals surface area contributed by atoms with Gasteiger partial charge >= 0.3 is 0 Å². The van der Waals surface area contributed by atoms with Crippen molar-refractivity contribution in [2.75, 3.05) is 5.75 Å². The molecule has 0 saturated carbocycles. The molecule has 0 amide bonds. The minimum atomic E-state index is -0.243. The molecule has 0 spiro atoms. The lowest BCUT2D eigenvalue weighted by Gasteiger charge is -2.34. The SMILES string of the molecule is Cc1cc(C(C)(CC(S)CCCCCS)c2ccc(O)c(C)c2)ccc1O. The molecule has 27 heavy (non-hydrogen) atoms. The molecule has 148 valence electrons. The molecule has 0 bridgehead atoms. The second kappa shape index (κ2) is 9.79. The van der Waals surface area contributed by atoms with Gasteiger partial charge in [-0.25, -0.2) is 0 Å². The quantitative estimate of drug-likeness (QED) is 0.297. The van der Waals surface area contributed by atoms with Crippen molar-refractivity contribution in [3.8, 4) is 11.5 Å². The number of rotatable bonds is 9. The maximum absolute atomic E-state index is 9.95. The molecular formula is C23H32O2S2. The van der Waals surface area contributed by atoms with Crippen molar-refractivity contribution >= 4 is 25.3 Å². The van der Waals surface area contributed by atoms with Gasteiger partial charge in [0.2, 0.25) is 0 Å². The number of unbranched alkanes of at least 4 members (excludes halogenated alkanes) is 2. The lowest BCUT2D eigenvalue weighted by Crippen LogP contribution is -2.28. The lowest BCUT2D eigenvalue weighted by molar-refractivity contribution is 0.461. The van der Waals surface area contributed by atoms with Crippen LogP contribution in [0.4, 0.5) is 0 Å². The smallest absolute Gasteiger partial charge is 0.118 e. The van der Waals surface area contributed by atoms with E-state index in [-0.39, 0.29) is 10.7 Å². The van der Waals surface area contributed by atoms with Gasteiger partial charge in [0.25, 0.3) is 0 Å². The van der Waals surface area contributed by atoms with E-state index >= 15 is 0 Å². The van der Waals surface area contributed by atoms with Crippen LogP contribution in [0.3, 0.4) is 0 Å². The molecule has 4 heteroatoms. The van der Waals surface area contributed by atoms with Crippen LogP contribution in [0.2, 0.25) is 0 Å². The average Bonchev–Trinajstić information content (AvgIpc) is 2.63. The normalized spacial score (nSPS) is 12.9. The molecule has 0 heterocycles. The van der Waals surface area contributed by atoms with Gasteiger partial charge < -0.3 is 10.2 Å². The first-order chi connectivity index (χ1) is 12.8. The number of aromatic hydroxyl groups is 2. The van der Waals surface area contributed by atoms with Crippen LogP contribution in [0.25, 0.3) is 0 Å². The summed E-state index contributed by atoms with van der Waals surface area (Å²) in [4.78, 5) is 0. The van der Waals surface area contributed by atoms with E-state index < -0.39 is 0 Å². The Labute approximate surface area is 174 Å². The molecule has 2 nitrogen and oxygen atoms in total. The summed E-state index contributed by atoms with van der Waals surface area (Å²) in [5.74, 6) is 1.57. The Hall–Kier alpha value is -1.26. The predicted molar refractivity (Wildman–Crippen MR) is 122 cm³/mol. The van der Waals surface area contributed by atoms with Gasteiger partial charge in [-0.05, 0) is 73.2 Å². The highest BCUT2D eigenvalue weighted by molar-refractivity contribution is 7.81. The van der Waals surface area contributed by atoms with Gasteiger partial charge in [0, 0.05) is 10.7 Å². The predicted octanol–water partition coefficient (Wildman–Crippen LogP) is 6.20. The highest BCUT2D eigenvalue weighted by atomic mass is 32.1. The first kappa shape index (κ1) is 22.0. The Kier molecular flexibility index (Phi) is 7.99. The molecule has 0 aliphatic rings. The summed E-state index contributed by atoms with van der Waals surface area (Å²) in [6.07, 6.45) is 5.46. The number of phenolic OH excluding ortho intramolecular Hbond substituents is 2. The van der Waals surface area contributed by atoms with Gasteiger partial charge in [-0.2, -0.15) is 25.3 Å². The van der Waals surface area contributed by atoms with Crippen LogP contribution in [-0.4, -0.2) is 21.2 Å². The minimum absolute atomic E-state index is 0.243. The number of benzene rings is 2. The van der Waals surface area contributed by atoms with Gasteiger partial charge in [-0.3, -0.25) is 0 Å². The molecule has 0 fully saturated rings. The fourth-order valence-electron chi connectivity index (χ4n) is 3.64. The molecule has 1 unspecified atom stereocenters. The van der Waals surface area contributed by atoms with Crippen molar-refractivity contribution in [2.24, 2.45) is 0 Å². The van der Waals surface area contributed by atoms with Crippen molar-refractivity contribution in [3.63, 3.8) is 0 Å². The van der Waals surface area contributed by atoms with Crippen molar-refractivity contribution in [1.82, 2.24) is 0 Å². The molecule has 0 radical (unpaired) electrons. The zero-order chi connectivity index (χ0) is 20.0. The maximum Gasteiger partial charge on any atom is 0.118 e. The van der Waals surface area contributed by atoms with Crippen LogP contribution >= 0.6 is 25.3 Å². The maximum atomic E-state index is 9.95. The third-order valence-corrected chi connectivity index (χ3v) is 6.26. The summed E-state index contributed by atoms with van der Waals surface area (Å²) in [6, 6.07) is 11.7. The minimum Gasteiger partial charge on any atom is -0.508 e. The van der Waals surface area contributed by atoms with Crippen LogP contribution in [0.1, 0.15) is 61.3 Å². The largest absolute Gasteiger partial charge is 0.508 e. The topological polar surface area (TPSA) is 40.5 Å². The summed E-state index contributed by atoms with van der Waals surface area (Å²) in [5.41, 5.74) is 3.83. The summed E-state index contributed by atoms with van der Waals surface area (Å²) < 4.78 is 0. The van der Waals surface area contributed by atoms with Gasteiger partial charge in [0.1, 0.15) is 11.5 Å². The van der Waals surface area contributed by atoms with Gasteiger partial charge in [0.15, 0.2) is 0 Å². The fourth-order valence-corrected chi connectivity index (χ4v) is 4.41. The molecular weight excluding hydrogens is 372 g/mol. The highest BCUT2D eigenvalue weighted by Gasteiger charge is 2.32. The molecule has 2 aromatic carbocycles. The third kappa shape index (κ3) is 5.61. The van der Waals surface area contributed by atoms with Crippen LogP contribution in [-0.2, 0) is 5.41 Å². The monoisotopic (exact) mass is 404 g/mol. The first-order valence-corrected chi connectivity index (χ1v) is 10.8. The summed E-state index contributed by atoms with van der Waals surface area (Å²) >= 11 is 9.19. The molecule has 2 rings (SSSR count). The second-order valence-electron chi connectivity index (χ2n) is 7.77. The van der Waals surface area contributed by atoms with Crippen LogP contribution in [0.15, 0.2) is 36.4 Å². The van der Waals surface area contributed by atoms with Gasteiger partial charge in [-0.1, -0.05) is 44.0 Å². The van der Waals surface area contributed by atoms with E-state index in [0.717, 1.165) is 53.7 Å². The number of hydrogen-bond acceptors (Lipinski definition) is 4. The zero-order valence-electron chi connectivity index (χ0n) is 16.6. The molecule has 0 saturated heterocycles. The molecule has 1 atom stereocenters.